The van der Waals surface area contributed by atoms with Gasteiger partial charge < -0.3 is 15.0 Å². The van der Waals surface area contributed by atoms with Gasteiger partial charge in [0, 0.05) is 18.5 Å². The van der Waals surface area contributed by atoms with Crippen LogP contribution in [-0.4, -0.2) is 46.8 Å². The Morgan fingerprint density at radius 3 is 2.67 bits per heavy atom. The molecule has 24 heavy (non-hydrogen) atoms. The van der Waals surface area contributed by atoms with Crippen molar-refractivity contribution in [2.45, 2.75) is 12.8 Å². The number of aromatic nitrogens is 2. The monoisotopic (exact) mass is 344 g/mol. The molecule has 10 heteroatoms. The normalized spacial score (nSPS) is 14.4. The van der Waals surface area contributed by atoms with E-state index < -0.39 is 17.9 Å². The zero-order valence-electron chi connectivity index (χ0n) is 12.2. The molecule has 0 bridgehead atoms. The number of halogens is 4. The Hall–Kier alpha value is -2.65. The number of nitrogens with one attached hydrogen (secondary N) is 1. The van der Waals surface area contributed by atoms with Gasteiger partial charge in [-0.05, 0) is 18.6 Å². The van der Waals surface area contributed by atoms with Gasteiger partial charge in [0.05, 0.1) is 6.54 Å². The number of amides is 1. The van der Waals surface area contributed by atoms with Crippen molar-refractivity contribution in [2.24, 2.45) is 0 Å². The van der Waals surface area contributed by atoms with Gasteiger partial charge in [-0.25, -0.2) is 14.4 Å². The van der Waals surface area contributed by atoms with Gasteiger partial charge in [-0.2, -0.15) is 0 Å². The molecule has 1 fully saturated rings. The average molecular weight is 344 g/mol. The summed E-state index contributed by atoms with van der Waals surface area (Å²) in [5, 5.41) is 2.91. The van der Waals surface area contributed by atoms with Gasteiger partial charge in [0.15, 0.2) is 11.6 Å². The second-order valence-electron chi connectivity index (χ2n) is 5.13. The Morgan fingerprint density at radius 2 is 2.04 bits per heavy atom. The Kier molecular flexibility index (Phi) is 4.12. The SMILES string of the molecule is O=C(CNc1ncnc2c(F)c(OC(F)(F)F)ccc12)N1CCC1. The van der Waals surface area contributed by atoms with Crippen LogP contribution in [0.1, 0.15) is 6.42 Å². The molecule has 1 aliphatic rings. The molecule has 2 aromatic rings. The van der Waals surface area contributed by atoms with Gasteiger partial charge in [0.2, 0.25) is 5.91 Å². The van der Waals surface area contributed by atoms with E-state index in [1.165, 1.54) is 6.07 Å². The largest absolute Gasteiger partial charge is 0.573 e. The number of carbonyl (C=O) groups excluding carboxylic acids is 1. The summed E-state index contributed by atoms with van der Waals surface area (Å²) in [5.41, 5.74) is -0.328. The molecule has 0 aliphatic carbocycles. The number of carbonyl (C=O) groups is 1. The molecular weight excluding hydrogens is 332 g/mol. The topological polar surface area (TPSA) is 67.3 Å². The highest BCUT2D eigenvalue weighted by Gasteiger charge is 2.33. The fourth-order valence-corrected chi connectivity index (χ4v) is 2.26. The van der Waals surface area contributed by atoms with Crippen molar-refractivity contribution >= 4 is 22.6 Å². The minimum atomic E-state index is -5.01. The van der Waals surface area contributed by atoms with Crippen molar-refractivity contribution < 1.29 is 27.1 Å². The zero-order chi connectivity index (χ0) is 17.3. The summed E-state index contributed by atoms with van der Waals surface area (Å²) in [7, 11) is 0. The average Bonchev–Trinajstić information content (AvgIpc) is 2.45. The molecule has 0 radical (unpaired) electrons. The molecule has 128 valence electrons. The van der Waals surface area contributed by atoms with E-state index in [0.29, 0.717) is 13.1 Å². The maximum Gasteiger partial charge on any atom is 0.573 e. The molecule has 1 aliphatic heterocycles. The van der Waals surface area contributed by atoms with Crippen LogP contribution in [0, 0.1) is 5.82 Å². The number of anilines is 1. The lowest BCUT2D eigenvalue weighted by atomic mass is 10.2. The molecule has 0 spiro atoms. The lowest BCUT2D eigenvalue weighted by Crippen LogP contribution is -2.44. The fourth-order valence-electron chi connectivity index (χ4n) is 2.26. The van der Waals surface area contributed by atoms with Crippen LogP contribution < -0.4 is 10.1 Å². The predicted octanol–water partition coefficient (Wildman–Crippen LogP) is 2.31. The number of nitrogens with zero attached hydrogens (tertiary/aromatic N) is 3. The first-order chi connectivity index (χ1) is 11.3. The lowest BCUT2D eigenvalue weighted by Gasteiger charge is -2.31. The molecule has 1 amide bonds. The van der Waals surface area contributed by atoms with Crippen LogP contribution >= 0.6 is 0 Å². The maximum absolute atomic E-state index is 14.2. The maximum atomic E-state index is 14.2. The first kappa shape index (κ1) is 16.2. The highest BCUT2D eigenvalue weighted by molar-refractivity contribution is 5.92. The summed E-state index contributed by atoms with van der Waals surface area (Å²) in [6.07, 6.45) is -3.05. The van der Waals surface area contributed by atoms with E-state index in [0.717, 1.165) is 18.8 Å². The highest BCUT2D eigenvalue weighted by atomic mass is 19.4. The Labute approximate surface area is 133 Å². The van der Waals surface area contributed by atoms with E-state index in [-0.39, 0.29) is 29.2 Å². The molecule has 1 aromatic carbocycles. The molecule has 1 N–H and O–H groups in total. The summed E-state index contributed by atoms with van der Waals surface area (Å²) < 4.78 is 54.5. The second kappa shape index (κ2) is 6.10. The molecule has 0 saturated carbocycles. The van der Waals surface area contributed by atoms with Crippen LogP contribution in [0.15, 0.2) is 18.5 Å². The van der Waals surface area contributed by atoms with Crippen molar-refractivity contribution in [3.05, 3.63) is 24.3 Å². The third-order valence-corrected chi connectivity index (χ3v) is 3.55. The third-order valence-electron chi connectivity index (χ3n) is 3.55. The molecule has 0 atom stereocenters. The zero-order valence-corrected chi connectivity index (χ0v) is 12.2. The Balaban J connectivity index is 1.84. The minimum absolute atomic E-state index is 0.0471. The van der Waals surface area contributed by atoms with Gasteiger partial charge in [-0.1, -0.05) is 0 Å². The Bertz CT molecular complexity index is 777. The molecule has 3 rings (SSSR count). The quantitative estimate of drug-likeness (QED) is 0.862. The van der Waals surface area contributed by atoms with Crippen LogP contribution in [0.4, 0.5) is 23.4 Å². The van der Waals surface area contributed by atoms with Crippen molar-refractivity contribution in [3.8, 4) is 5.75 Å². The van der Waals surface area contributed by atoms with Crippen molar-refractivity contribution in [1.29, 1.82) is 0 Å². The summed E-state index contributed by atoms with van der Waals surface area (Å²) >= 11 is 0. The van der Waals surface area contributed by atoms with Crippen LogP contribution in [0.5, 0.6) is 5.75 Å². The first-order valence-corrected chi connectivity index (χ1v) is 7.06. The van der Waals surface area contributed by atoms with E-state index in [4.69, 9.17) is 0 Å². The lowest BCUT2D eigenvalue weighted by molar-refractivity contribution is -0.275. The molecule has 2 heterocycles. The van der Waals surface area contributed by atoms with Crippen molar-refractivity contribution in [2.75, 3.05) is 25.0 Å². The molecular formula is C14H12F4N4O2. The van der Waals surface area contributed by atoms with Gasteiger partial charge in [0.25, 0.3) is 0 Å². The fraction of sp³-hybridized carbons (Fsp3) is 0.357. The number of alkyl halides is 3. The molecule has 1 aromatic heterocycles. The molecule has 1 saturated heterocycles. The van der Waals surface area contributed by atoms with Crippen LogP contribution in [0.25, 0.3) is 10.9 Å². The van der Waals surface area contributed by atoms with Gasteiger partial charge in [-0.3, -0.25) is 4.79 Å². The second-order valence-corrected chi connectivity index (χ2v) is 5.13. The van der Waals surface area contributed by atoms with E-state index >= 15 is 0 Å². The summed E-state index contributed by atoms with van der Waals surface area (Å²) in [6.45, 7) is 1.34. The number of fused-ring (bicyclic) bond motifs is 1. The third kappa shape index (κ3) is 3.31. The van der Waals surface area contributed by atoms with Crippen LogP contribution in [0.2, 0.25) is 0 Å². The number of rotatable bonds is 4. The van der Waals surface area contributed by atoms with E-state index in [1.807, 2.05) is 0 Å². The van der Waals surface area contributed by atoms with Gasteiger partial charge in [0.1, 0.15) is 17.7 Å². The van der Waals surface area contributed by atoms with Gasteiger partial charge in [-0.15, -0.1) is 13.2 Å². The van der Waals surface area contributed by atoms with E-state index in [2.05, 4.69) is 20.0 Å². The number of hydrogen-bond acceptors (Lipinski definition) is 5. The molecule has 0 unspecified atom stereocenters. The Morgan fingerprint density at radius 1 is 1.29 bits per heavy atom. The summed E-state index contributed by atoms with van der Waals surface area (Å²) in [4.78, 5) is 21.0. The summed E-state index contributed by atoms with van der Waals surface area (Å²) in [6, 6.07) is 2.05. The molecule has 6 nitrogen and oxygen atoms in total. The summed E-state index contributed by atoms with van der Waals surface area (Å²) in [5.74, 6) is -2.20. The van der Waals surface area contributed by atoms with Crippen molar-refractivity contribution in [3.63, 3.8) is 0 Å². The van der Waals surface area contributed by atoms with Crippen LogP contribution in [0.3, 0.4) is 0 Å². The van der Waals surface area contributed by atoms with E-state index in [1.54, 1.807) is 4.90 Å². The number of hydrogen-bond donors (Lipinski definition) is 1. The van der Waals surface area contributed by atoms with Crippen molar-refractivity contribution in [1.82, 2.24) is 14.9 Å². The van der Waals surface area contributed by atoms with Crippen LogP contribution in [-0.2, 0) is 4.79 Å². The smallest absolute Gasteiger partial charge is 0.403 e. The standard InChI is InChI=1S/C14H12F4N4O2/c15-11-9(24-14(16,17)18)3-2-8-12(11)20-7-21-13(8)19-6-10(23)22-4-1-5-22/h2-3,7H,1,4-6H2,(H,19,20,21). The minimum Gasteiger partial charge on any atom is -0.403 e. The van der Waals surface area contributed by atoms with Gasteiger partial charge >= 0.3 is 6.36 Å². The number of likely N-dealkylation sites (tertiary alicyclic amines) is 1. The predicted molar refractivity (Wildman–Crippen MR) is 75.9 cm³/mol. The first-order valence-electron chi connectivity index (χ1n) is 7.06. The van der Waals surface area contributed by atoms with E-state index in [9.17, 15) is 22.4 Å². The number of benzene rings is 1. The highest BCUT2D eigenvalue weighted by Crippen LogP contribution is 2.31. The number of ether oxygens (including phenoxy) is 1.